The van der Waals surface area contributed by atoms with E-state index in [0.29, 0.717) is 35.9 Å². The van der Waals surface area contributed by atoms with E-state index in [0.717, 1.165) is 6.07 Å². The van der Waals surface area contributed by atoms with Crippen LogP contribution in [0.4, 0.5) is 23.4 Å². The molecule has 0 radical (unpaired) electrons. The van der Waals surface area contributed by atoms with E-state index in [2.05, 4.69) is 24.9 Å². The highest BCUT2D eigenvalue weighted by atomic mass is 19.4. The molecule has 1 aliphatic rings. The Kier molecular flexibility index (Phi) is 6.85. The summed E-state index contributed by atoms with van der Waals surface area (Å²) in [6.07, 6.45) is -4.42. The Bertz CT molecular complexity index is 1250. The number of alkyl halides is 3. The Hall–Kier alpha value is -3.74. The zero-order valence-corrected chi connectivity index (χ0v) is 19.7. The predicted molar refractivity (Wildman–Crippen MR) is 123 cm³/mol. The maximum Gasteiger partial charge on any atom is 0.425 e. The molecule has 192 valence electrons. The van der Waals surface area contributed by atoms with Crippen molar-refractivity contribution in [3.05, 3.63) is 48.0 Å². The lowest BCUT2D eigenvalue weighted by Crippen LogP contribution is -2.46. The number of anilines is 1. The fraction of sp³-hybridized carbons (Fsp3) is 0.391. The predicted octanol–water partition coefficient (Wildman–Crippen LogP) is 3.90. The van der Waals surface area contributed by atoms with Crippen LogP contribution in [0, 0.1) is 5.82 Å². The van der Waals surface area contributed by atoms with Gasteiger partial charge in [-0.3, -0.25) is 0 Å². The van der Waals surface area contributed by atoms with Gasteiger partial charge in [-0.1, -0.05) is 5.16 Å². The minimum Gasteiger partial charge on any atom is -0.452 e. The van der Waals surface area contributed by atoms with Gasteiger partial charge in [0.15, 0.2) is 11.9 Å². The third-order valence-corrected chi connectivity index (χ3v) is 5.83. The first-order valence-corrected chi connectivity index (χ1v) is 10.9. The second-order valence-electron chi connectivity index (χ2n) is 8.52. The van der Waals surface area contributed by atoms with Gasteiger partial charge in [0.1, 0.15) is 23.0 Å². The highest BCUT2D eigenvalue weighted by Crippen LogP contribution is 2.42. The molecule has 2 atom stereocenters. The molecule has 2 aromatic heterocycles. The number of likely N-dealkylation sites (N-methyl/N-ethyl adjacent to an activating group) is 1. The lowest BCUT2D eigenvalue weighted by molar-refractivity contribution is -0.208. The van der Waals surface area contributed by atoms with Gasteiger partial charge >= 0.3 is 6.18 Å². The van der Waals surface area contributed by atoms with Crippen molar-refractivity contribution >= 4 is 11.8 Å². The third kappa shape index (κ3) is 5.25. The van der Waals surface area contributed by atoms with E-state index in [1.54, 1.807) is 19.4 Å². The Labute approximate surface area is 203 Å². The van der Waals surface area contributed by atoms with E-state index in [1.165, 1.54) is 25.3 Å². The summed E-state index contributed by atoms with van der Waals surface area (Å²) in [6.45, 7) is 2.54. The zero-order valence-electron chi connectivity index (χ0n) is 19.7. The van der Waals surface area contributed by atoms with Crippen molar-refractivity contribution in [1.29, 1.82) is 0 Å². The first kappa shape index (κ1) is 25.4. The van der Waals surface area contributed by atoms with Crippen molar-refractivity contribution < 1.29 is 31.6 Å². The van der Waals surface area contributed by atoms with Gasteiger partial charge in [-0.2, -0.15) is 13.2 Å². The summed E-state index contributed by atoms with van der Waals surface area (Å²) in [7, 11) is 3.47. The van der Waals surface area contributed by atoms with Crippen LogP contribution >= 0.6 is 0 Å². The molecule has 0 amide bonds. The molecule has 1 aliphatic heterocycles. The van der Waals surface area contributed by atoms with Crippen LogP contribution in [0.3, 0.4) is 0 Å². The van der Waals surface area contributed by atoms with Crippen LogP contribution in [0.1, 0.15) is 18.9 Å². The van der Waals surface area contributed by atoms with Gasteiger partial charge in [0.25, 0.3) is 6.02 Å². The fourth-order valence-corrected chi connectivity index (χ4v) is 3.83. The number of nitrogens with two attached hydrogens (primary N) is 1. The SMILES string of the molecule is COCCN(C)c1cnc(-c2cc(-c3ccc(F)c([C@]4(C)C[C@@H](C(F)(F)F)OC(N)=N4)c3)on2)cn1. The largest absolute Gasteiger partial charge is 0.452 e. The number of nitrogens with zero attached hydrogens (tertiary/aromatic N) is 5. The highest BCUT2D eigenvalue weighted by molar-refractivity contribution is 5.73. The number of hydrogen-bond acceptors (Lipinski definition) is 9. The number of methoxy groups -OCH3 is 1. The van der Waals surface area contributed by atoms with Gasteiger partial charge in [0, 0.05) is 44.3 Å². The molecule has 0 unspecified atom stereocenters. The van der Waals surface area contributed by atoms with Crippen molar-refractivity contribution in [3.63, 3.8) is 0 Å². The van der Waals surface area contributed by atoms with E-state index in [1.807, 2.05) is 11.9 Å². The summed E-state index contributed by atoms with van der Waals surface area (Å²) in [5.41, 5.74) is 5.03. The van der Waals surface area contributed by atoms with Crippen LogP contribution < -0.4 is 10.6 Å². The summed E-state index contributed by atoms with van der Waals surface area (Å²) in [5, 5.41) is 4.00. The van der Waals surface area contributed by atoms with Crippen LogP contribution in [0.15, 0.2) is 46.2 Å². The Balaban J connectivity index is 1.60. The molecule has 9 nitrogen and oxygen atoms in total. The maximum absolute atomic E-state index is 14.8. The monoisotopic (exact) mass is 508 g/mol. The fourth-order valence-electron chi connectivity index (χ4n) is 3.83. The third-order valence-electron chi connectivity index (χ3n) is 5.83. The lowest BCUT2D eigenvalue weighted by Gasteiger charge is -2.36. The van der Waals surface area contributed by atoms with Crippen LogP contribution in [0.2, 0.25) is 0 Å². The van der Waals surface area contributed by atoms with Crippen molar-refractivity contribution in [2.75, 3.05) is 32.2 Å². The van der Waals surface area contributed by atoms with Gasteiger partial charge in [-0.05, 0) is 25.1 Å². The van der Waals surface area contributed by atoms with E-state index in [4.69, 9.17) is 15.0 Å². The first-order chi connectivity index (χ1) is 17.0. The second-order valence-corrected chi connectivity index (χ2v) is 8.52. The Morgan fingerprint density at radius 3 is 2.64 bits per heavy atom. The molecule has 0 fully saturated rings. The van der Waals surface area contributed by atoms with Gasteiger partial charge in [0.2, 0.25) is 0 Å². The molecule has 0 spiro atoms. The number of amidine groups is 1. The molecule has 4 rings (SSSR count). The number of hydrogen-bond donors (Lipinski definition) is 1. The molecule has 3 heterocycles. The summed E-state index contributed by atoms with van der Waals surface area (Å²) in [6, 6.07) is 4.85. The summed E-state index contributed by atoms with van der Waals surface area (Å²) in [5.74, 6) is 0.165. The summed E-state index contributed by atoms with van der Waals surface area (Å²) >= 11 is 0. The van der Waals surface area contributed by atoms with Crippen molar-refractivity contribution in [3.8, 4) is 22.7 Å². The molecule has 1 aromatic carbocycles. The average molecular weight is 508 g/mol. The first-order valence-electron chi connectivity index (χ1n) is 10.9. The molecule has 0 bridgehead atoms. The molecule has 13 heteroatoms. The highest BCUT2D eigenvalue weighted by Gasteiger charge is 2.50. The molecular formula is C23H24F4N6O3. The number of benzene rings is 1. The van der Waals surface area contributed by atoms with Gasteiger partial charge in [-0.25, -0.2) is 19.4 Å². The van der Waals surface area contributed by atoms with E-state index in [-0.39, 0.29) is 11.3 Å². The number of halogens is 4. The smallest absolute Gasteiger partial charge is 0.425 e. The van der Waals surface area contributed by atoms with Crippen LogP contribution in [0.25, 0.3) is 22.7 Å². The number of aromatic nitrogens is 3. The van der Waals surface area contributed by atoms with Crippen LogP contribution in [-0.4, -0.2) is 60.7 Å². The quantitative estimate of drug-likeness (QED) is 0.479. The van der Waals surface area contributed by atoms with Gasteiger partial charge in [-0.15, -0.1) is 0 Å². The van der Waals surface area contributed by atoms with E-state index < -0.39 is 36.1 Å². The van der Waals surface area contributed by atoms with Crippen molar-refractivity contribution in [2.45, 2.75) is 31.2 Å². The topological polar surface area (TPSA) is 112 Å². The second kappa shape index (κ2) is 9.72. The number of rotatable bonds is 7. The molecule has 3 aromatic rings. The molecule has 0 saturated carbocycles. The van der Waals surface area contributed by atoms with Gasteiger partial charge < -0.3 is 24.6 Å². The van der Waals surface area contributed by atoms with Crippen LogP contribution in [0.5, 0.6) is 0 Å². The maximum atomic E-state index is 14.8. The zero-order chi connectivity index (χ0) is 26.1. The van der Waals surface area contributed by atoms with Crippen molar-refractivity contribution in [2.24, 2.45) is 10.7 Å². The Morgan fingerprint density at radius 1 is 1.19 bits per heavy atom. The van der Waals surface area contributed by atoms with Gasteiger partial charge in [0.05, 0.1) is 24.5 Å². The molecule has 2 N–H and O–H groups in total. The number of ether oxygens (including phenoxy) is 2. The summed E-state index contributed by atoms with van der Waals surface area (Å²) in [4.78, 5) is 14.6. The number of aliphatic imine (C=N–C) groups is 1. The Morgan fingerprint density at radius 2 is 1.97 bits per heavy atom. The molecule has 36 heavy (non-hydrogen) atoms. The van der Waals surface area contributed by atoms with Crippen molar-refractivity contribution in [1.82, 2.24) is 15.1 Å². The minimum atomic E-state index is -4.69. The normalized spacial score (nSPS) is 20.1. The minimum absolute atomic E-state index is 0.0818. The van der Waals surface area contributed by atoms with Crippen LogP contribution in [-0.2, 0) is 15.0 Å². The molecule has 0 saturated heterocycles. The summed E-state index contributed by atoms with van der Waals surface area (Å²) < 4.78 is 69.9. The van der Waals surface area contributed by atoms with E-state index >= 15 is 0 Å². The average Bonchev–Trinajstić information content (AvgIpc) is 3.32. The molecule has 0 aliphatic carbocycles. The van der Waals surface area contributed by atoms with E-state index in [9.17, 15) is 17.6 Å². The molecular weight excluding hydrogens is 484 g/mol. The standard InChI is InChI=1S/C23H24F4N6O3/c1-22(10-19(23(25,26)27)35-21(28)31-22)14-8-13(4-5-15(14)24)18-9-16(32-36-18)17-11-30-20(12-29-17)33(2)6-7-34-3/h4-5,8-9,11-12,19H,6-7,10H2,1-3H3,(H2,28,31)/t19-,22-/m0/s1. The lowest BCUT2D eigenvalue weighted by atomic mass is 9.84.